The van der Waals surface area contributed by atoms with E-state index in [4.69, 9.17) is 11.6 Å². The number of rotatable bonds is 6. The van der Waals surface area contributed by atoms with Crippen molar-refractivity contribution in [3.05, 3.63) is 71.2 Å². The van der Waals surface area contributed by atoms with E-state index in [1.807, 2.05) is 0 Å². The van der Waals surface area contributed by atoms with Crippen molar-refractivity contribution >= 4 is 27.5 Å². The zero-order valence-electron chi connectivity index (χ0n) is 19.5. The summed E-state index contributed by atoms with van der Waals surface area (Å²) in [7, 11) is -4.32. The lowest BCUT2D eigenvalue weighted by molar-refractivity contribution is -0.145. The molecular formula is C23H19ClF5N5O3S. The van der Waals surface area contributed by atoms with E-state index in [1.54, 1.807) is 0 Å². The first kappa shape index (κ1) is 27.8. The molecule has 1 N–H and O–H groups in total. The second kappa shape index (κ2) is 10.5. The number of pyridine rings is 1. The molecule has 1 aliphatic heterocycles. The number of aromatic nitrogens is 3. The monoisotopic (exact) mass is 575 g/mol. The molecule has 2 aromatic heterocycles. The van der Waals surface area contributed by atoms with Crippen molar-refractivity contribution in [1.82, 2.24) is 24.6 Å². The molecule has 1 aliphatic rings. The summed E-state index contributed by atoms with van der Waals surface area (Å²) >= 11 is 5.90. The van der Waals surface area contributed by atoms with Crippen LogP contribution in [0, 0.1) is 5.82 Å². The number of sulfonamides is 1. The van der Waals surface area contributed by atoms with Gasteiger partial charge < -0.3 is 5.32 Å². The van der Waals surface area contributed by atoms with E-state index in [0.717, 1.165) is 22.9 Å². The van der Waals surface area contributed by atoms with Crippen LogP contribution in [-0.2, 0) is 27.5 Å². The molecule has 1 amide bonds. The number of amides is 1. The van der Waals surface area contributed by atoms with Crippen LogP contribution in [0.5, 0.6) is 0 Å². The fourth-order valence-electron chi connectivity index (χ4n) is 4.00. The van der Waals surface area contributed by atoms with Crippen molar-refractivity contribution in [1.29, 1.82) is 0 Å². The average Bonchev–Trinajstić information content (AvgIpc) is 3.17. The maximum Gasteiger partial charge on any atom is 0.451 e. The number of carbonyl (C=O) groups is 1. The quantitative estimate of drug-likeness (QED) is 0.443. The number of hydrogen-bond acceptors (Lipinski definition) is 6. The molecule has 1 saturated heterocycles. The molecule has 3 unspecified atom stereocenters. The molecule has 0 radical (unpaired) electrons. The Hall–Kier alpha value is -3.23. The van der Waals surface area contributed by atoms with Crippen LogP contribution in [0.25, 0.3) is 11.3 Å². The van der Waals surface area contributed by atoms with Crippen molar-refractivity contribution in [2.75, 3.05) is 0 Å². The third-order valence-electron chi connectivity index (χ3n) is 5.94. The van der Waals surface area contributed by atoms with Crippen LogP contribution < -0.4 is 5.32 Å². The highest BCUT2D eigenvalue weighted by Gasteiger charge is 2.49. The third-order valence-corrected chi connectivity index (χ3v) is 8.17. The topological polar surface area (TPSA) is 105 Å². The Balaban J connectivity index is 1.54. The Kier molecular flexibility index (Phi) is 7.68. The lowest BCUT2D eigenvalue weighted by Crippen LogP contribution is -2.48. The molecule has 1 fully saturated rings. The van der Waals surface area contributed by atoms with E-state index in [-0.39, 0.29) is 26.7 Å². The lowest BCUT2D eigenvalue weighted by atomic mass is 10.1. The number of halogens is 6. The van der Waals surface area contributed by atoms with Crippen LogP contribution in [0.15, 0.2) is 53.8 Å². The highest BCUT2D eigenvalue weighted by molar-refractivity contribution is 7.89. The van der Waals surface area contributed by atoms with E-state index < -0.39 is 65.0 Å². The summed E-state index contributed by atoms with van der Waals surface area (Å²) in [4.78, 5) is 23.1. The number of hydrogen-bond donors (Lipinski definition) is 1. The van der Waals surface area contributed by atoms with Crippen molar-refractivity contribution in [2.24, 2.45) is 0 Å². The maximum atomic E-state index is 14.6. The molecule has 4 rings (SSSR count). The molecular weight excluding hydrogens is 557 g/mol. The predicted molar refractivity (Wildman–Crippen MR) is 125 cm³/mol. The normalized spacial score (nSPS) is 20.4. The first-order chi connectivity index (χ1) is 17.8. The number of alkyl halides is 4. The Bertz CT molecular complexity index is 1460. The average molecular weight is 576 g/mol. The summed E-state index contributed by atoms with van der Waals surface area (Å²) < 4.78 is 94.4. The number of nitrogens with one attached hydrogen (secondary N) is 1. The van der Waals surface area contributed by atoms with Gasteiger partial charge in [-0.05, 0) is 31.2 Å². The van der Waals surface area contributed by atoms with Gasteiger partial charge in [-0.25, -0.2) is 27.2 Å². The van der Waals surface area contributed by atoms with Crippen molar-refractivity contribution < 1.29 is 35.2 Å². The lowest BCUT2D eigenvalue weighted by Gasteiger charge is -2.27. The summed E-state index contributed by atoms with van der Waals surface area (Å²) in [6.07, 6.45) is -4.24. The van der Waals surface area contributed by atoms with Gasteiger partial charge >= 0.3 is 6.18 Å². The molecule has 3 heterocycles. The summed E-state index contributed by atoms with van der Waals surface area (Å²) in [5.41, 5.74) is -0.00237. The molecule has 3 aromatic rings. The highest BCUT2D eigenvalue weighted by atomic mass is 35.5. The van der Waals surface area contributed by atoms with Crippen molar-refractivity contribution in [3.63, 3.8) is 0 Å². The van der Waals surface area contributed by atoms with Gasteiger partial charge in [0.2, 0.25) is 21.8 Å². The highest BCUT2D eigenvalue weighted by Crippen LogP contribution is 2.34. The standard InChI is InChI=1S/C23H19ClF5N5O3S/c1-12-17(25)7-20(34(12)38(36,37)16-4-2-3-15(24)6-16)21(35)31-8-13-5-19(30-11-18(13)26)14-9-32-22(33-10-14)23(27,28)29/h2-6,9-12,17,20H,7-8H2,1H3,(H,31,35). The van der Waals surface area contributed by atoms with Crippen LogP contribution in [0.4, 0.5) is 22.0 Å². The van der Waals surface area contributed by atoms with Crippen LogP contribution >= 0.6 is 11.6 Å². The Morgan fingerprint density at radius 2 is 1.84 bits per heavy atom. The smallest absolute Gasteiger partial charge is 0.351 e. The fraction of sp³-hybridized carbons (Fsp3) is 0.304. The second-order valence-corrected chi connectivity index (χ2v) is 10.8. The van der Waals surface area contributed by atoms with Crippen LogP contribution in [0.3, 0.4) is 0 Å². The molecule has 3 atom stereocenters. The van der Waals surface area contributed by atoms with E-state index in [9.17, 15) is 35.2 Å². The van der Waals surface area contributed by atoms with E-state index in [1.165, 1.54) is 37.3 Å². The zero-order valence-corrected chi connectivity index (χ0v) is 21.0. The molecule has 8 nitrogen and oxygen atoms in total. The fourth-order valence-corrected chi connectivity index (χ4v) is 6.11. The number of carbonyl (C=O) groups excluding carboxylic acids is 1. The van der Waals surface area contributed by atoms with Gasteiger partial charge in [-0.2, -0.15) is 17.5 Å². The van der Waals surface area contributed by atoms with E-state index >= 15 is 0 Å². The van der Waals surface area contributed by atoms with Gasteiger partial charge in [0, 0.05) is 41.5 Å². The molecule has 15 heteroatoms. The van der Waals surface area contributed by atoms with Gasteiger partial charge in [0.1, 0.15) is 18.0 Å². The molecule has 0 aliphatic carbocycles. The van der Waals surface area contributed by atoms with Crippen LogP contribution in [0.1, 0.15) is 24.7 Å². The number of benzene rings is 1. The van der Waals surface area contributed by atoms with Gasteiger partial charge in [-0.1, -0.05) is 17.7 Å². The minimum atomic E-state index is -4.74. The molecule has 38 heavy (non-hydrogen) atoms. The minimum absolute atomic E-state index is 0.0350. The van der Waals surface area contributed by atoms with Crippen LogP contribution in [-0.4, -0.2) is 51.8 Å². The largest absolute Gasteiger partial charge is 0.451 e. The summed E-state index contributed by atoms with van der Waals surface area (Å²) in [6.45, 7) is 0.898. The molecule has 1 aromatic carbocycles. The van der Waals surface area contributed by atoms with Gasteiger partial charge in [-0.15, -0.1) is 0 Å². The van der Waals surface area contributed by atoms with E-state index in [0.29, 0.717) is 0 Å². The minimum Gasteiger partial charge on any atom is -0.351 e. The second-order valence-electron chi connectivity index (χ2n) is 8.47. The SMILES string of the molecule is CC1C(F)CC(C(=O)NCc2cc(-c3cnc(C(F)(F)F)nc3)ncc2F)N1S(=O)(=O)c1cccc(Cl)c1. The van der Waals surface area contributed by atoms with Crippen LogP contribution in [0.2, 0.25) is 5.02 Å². The van der Waals surface area contributed by atoms with E-state index in [2.05, 4.69) is 20.3 Å². The Labute approximate surface area is 218 Å². The molecule has 0 spiro atoms. The molecule has 202 valence electrons. The van der Waals surface area contributed by atoms with Crippen molar-refractivity contribution in [3.8, 4) is 11.3 Å². The molecule has 0 bridgehead atoms. The van der Waals surface area contributed by atoms with Crippen molar-refractivity contribution in [2.45, 2.75) is 49.2 Å². The van der Waals surface area contributed by atoms with Gasteiger partial charge in [-0.3, -0.25) is 9.78 Å². The first-order valence-electron chi connectivity index (χ1n) is 11.0. The zero-order chi connectivity index (χ0) is 27.8. The third kappa shape index (κ3) is 5.61. The summed E-state index contributed by atoms with van der Waals surface area (Å²) in [5, 5.41) is 2.55. The summed E-state index contributed by atoms with van der Waals surface area (Å²) in [5.74, 6) is -3.06. The molecule has 0 saturated carbocycles. The predicted octanol–water partition coefficient (Wildman–Crippen LogP) is 4.16. The Morgan fingerprint density at radius 1 is 1.16 bits per heavy atom. The maximum absolute atomic E-state index is 14.6. The van der Waals surface area contributed by atoms with Gasteiger partial charge in [0.05, 0.1) is 22.8 Å². The Morgan fingerprint density at radius 3 is 2.47 bits per heavy atom. The first-order valence-corrected chi connectivity index (χ1v) is 12.9. The van der Waals surface area contributed by atoms with Gasteiger partial charge in [0.25, 0.3) is 0 Å². The summed E-state index contributed by atoms with van der Waals surface area (Å²) in [6, 6.07) is 3.93. The number of nitrogens with zero attached hydrogens (tertiary/aromatic N) is 4. The van der Waals surface area contributed by atoms with Gasteiger partial charge in [0.15, 0.2) is 0 Å².